The average molecular weight is 355 g/mol. The number of likely N-dealkylation sites (tertiary alicyclic amines) is 1. The molecule has 3 nitrogen and oxygen atoms in total. The Bertz CT molecular complexity index is 450. The van der Waals surface area contributed by atoms with Gasteiger partial charge >= 0.3 is 0 Å². The van der Waals surface area contributed by atoms with E-state index in [1.165, 1.54) is 29.4 Å². The lowest BCUT2D eigenvalue weighted by molar-refractivity contribution is 0.237. The highest BCUT2D eigenvalue weighted by Crippen LogP contribution is 2.27. The van der Waals surface area contributed by atoms with Gasteiger partial charge in [0, 0.05) is 23.6 Å². The van der Waals surface area contributed by atoms with Gasteiger partial charge in [0.1, 0.15) is 5.75 Å². The van der Waals surface area contributed by atoms with Gasteiger partial charge in [-0.1, -0.05) is 29.8 Å². The fourth-order valence-corrected chi connectivity index (χ4v) is 3.26. The van der Waals surface area contributed by atoms with Crippen LogP contribution in [0.1, 0.15) is 32.3 Å². The minimum absolute atomic E-state index is 0.654. The quantitative estimate of drug-likeness (QED) is 0.808. The Morgan fingerprint density at radius 1 is 1.43 bits per heavy atom. The van der Waals surface area contributed by atoms with Crippen molar-refractivity contribution in [3.05, 3.63) is 28.2 Å². The molecule has 0 bridgehead atoms. The van der Waals surface area contributed by atoms with Gasteiger partial charge in [-0.25, -0.2) is 0 Å². The lowest BCUT2D eigenvalue weighted by Crippen LogP contribution is -2.38. The van der Waals surface area contributed by atoms with Gasteiger partial charge < -0.3 is 10.1 Å². The molecule has 4 heteroatoms. The normalized spacial score (nSPS) is 19.4. The van der Waals surface area contributed by atoms with E-state index < -0.39 is 0 Å². The third kappa shape index (κ3) is 4.97. The molecule has 0 saturated carbocycles. The van der Waals surface area contributed by atoms with Crippen molar-refractivity contribution in [3.8, 4) is 5.75 Å². The number of benzene rings is 1. The summed E-state index contributed by atoms with van der Waals surface area (Å²) in [5.74, 6) is 1.65. The fourth-order valence-electron chi connectivity index (χ4n) is 2.89. The summed E-state index contributed by atoms with van der Waals surface area (Å²) in [5.41, 5.74) is 1.31. The molecule has 2 rings (SSSR count). The molecule has 1 atom stereocenters. The molecule has 1 aliphatic rings. The third-order valence-electron chi connectivity index (χ3n) is 4.06. The van der Waals surface area contributed by atoms with Crippen molar-refractivity contribution in [2.45, 2.75) is 39.3 Å². The summed E-state index contributed by atoms with van der Waals surface area (Å²) in [5, 5.41) is 3.60. The highest BCUT2D eigenvalue weighted by Gasteiger charge is 2.24. The van der Waals surface area contributed by atoms with Crippen molar-refractivity contribution in [1.29, 1.82) is 0 Å². The van der Waals surface area contributed by atoms with Gasteiger partial charge in [-0.2, -0.15) is 0 Å². The van der Waals surface area contributed by atoms with Gasteiger partial charge in [-0.15, -0.1) is 0 Å². The molecule has 0 aromatic heterocycles. The van der Waals surface area contributed by atoms with Gasteiger partial charge in [0.25, 0.3) is 0 Å². The number of nitrogens with zero attached hydrogens (tertiary/aromatic N) is 1. The van der Waals surface area contributed by atoms with E-state index in [0.717, 1.165) is 25.4 Å². The van der Waals surface area contributed by atoms with E-state index in [1.54, 1.807) is 7.11 Å². The summed E-state index contributed by atoms with van der Waals surface area (Å²) in [6.07, 6.45) is 2.60. The van der Waals surface area contributed by atoms with Crippen LogP contribution in [0.15, 0.2) is 22.7 Å². The topological polar surface area (TPSA) is 24.5 Å². The molecule has 1 heterocycles. The number of rotatable bonds is 7. The monoisotopic (exact) mass is 354 g/mol. The van der Waals surface area contributed by atoms with Crippen LogP contribution >= 0.6 is 15.9 Å². The molecule has 0 spiro atoms. The number of halogens is 1. The zero-order valence-corrected chi connectivity index (χ0v) is 14.9. The lowest BCUT2D eigenvalue weighted by atomic mass is 10.1. The molecule has 1 fully saturated rings. The largest absolute Gasteiger partial charge is 0.497 e. The molecule has 1 aromatic carbocycles. The molecule has 1 N–H and O–H groups in total. The predicted molar refractivity (Wildman–Crippen MR) is 91.8 cm³/mol. The van der Waals surface area contributed by atoms with Crippen LogP contribution in [0.2, 0.25) is 0 Å². The maximum Gasteiger partial charge on any atom is 0.119 e. The number of hydrogen-bond donors (Lipinski definition) is 1. The highest BCUT2D eigenvalue weighted by atomic mass is 79.9. The van der Waals surface area contributed by atoms with Crippen LogP contribution in [-0.2, 0) is 6.54 Å². The van der Waals surface area contributed by atoms with Crippen molar-refractivity contribution in [2.75, 3.05) is 26.7 Å². The third-order valence-corrected chi connectivity index (χ3v) is 4.83. The highest BCUT2D eigenvalue weighted by molar-refractivity contribution is 9.10. The van der Waals surface area contributed by atoms with Crippen LogP contribution in [0.25, 0.3) is 0 Å². The molecule has 118 valence electrons. The van der Waals surface area contributed by atoms with Gasteiger partial charge in [-0.3, -0.25) is 4.90 Å². The van der Waals surface area contributed by atoms with E-state index in [-0.39, 0.29) is 0 Å². The maximum atomic E-state index is 5.34. The van der Waals surface area contributed by atoms with Crippen LogP contribution < -0.4 is 10.1 Å². The maximum absolute atomic E-state index is 5.34. The second kappa shape index (κ2) is 8.16. The minimum atomic E-state index is 0.654. The van der Waals surface area contributed by atoms with Crippen LogP contribution in [0, 0.1) is 5.92 Å². The Kier molecular flexibility index (Phi) is 6.52. The smallest absolute Gasteiger partial charge is 0.119 e. The number of methoxy groups -OCH3 is 1. The number of nitrogens with one attached hydrogen (secondary N) is 1. The van der Waals surface area contributed by atoms with Crippen molar-refractivity contribution in [2.24, 2.45) is 5.92 Å². The molecule has 1 saturated heterocycles. The van der Waals surface area contributed by atoms with E-state index in [2.05, 4.69) is 52.1 Å². The first kappa shape index (κ1) is 16.8. The van der Waals surface area contributed by atoms with E-state index in [0.29, 0.717) is 12.0 Å². The number of ether oxygens (including phenoxy) is 1. The molecule has 0 aliphatic carbocycles. The van der Waals surface area contributed by atoms with Crippen LogP contribution in [0.4, 0.5) is 0 Å². The summed E-state index contributed by atoms with van der Waals surface area (Å²) in [6, 6.07) is 6.87. The van der Waals surface area contributed by atoms with Crippen molar-refractivity contribution in [3.63, 3.8) is 0 Å². The Hall–Kier alpha value is -0.580. The van der Waals surface area contributed by atoms with Crippen LogP contribution in [0.5, 0.6) is 5.75 Å². The summed E-state index contributed by atoms with van der Waals surface area (Å²) < 4.78 is 6.51. The van der Waals surface area contributed by atoms with Gasteiger partial charge in [-0.05, 0) is 55.6 Å². The first-order valence-electron chi connectivity index (χ1n) is 7.87. The second-order valence-corrected chi connectivity index (χ2v) is 7.13. The summed E-state index contributed by atoms with van der Waals surface area (Å²) in [4.78, 5) is 2.59. The minimum Gasteiger partial charge on any atom is -0.497 e. The molecular formula is C17H27BrN2O. The van der Waals surface area contributed by atoms with Crippen LogP contribution in [0.3, 0.4) is 0 Å². The first-order valence-corrected chi connectivity index (χ1v) is 8.66. The van der Waals surface area contributed by atoms with Gasteiger partial charge in [0.2, 0.25) is 0 Å². The molecule has 1 aliphatic heterocycles. The molecular weight excluding hydrogens is 328 g/mol. The zero-order valence-electron chi connectivity index (χ0n) is 13.4. The van der Waals surface area contributed by atoms with Crippen LogP contribution in [-0.4, -0.2) is 37.7 Å². The molecule has 1 aromatic rings. The fraction of sp³-hybridized carbons (Fsp3) is 0.647. The summed E-state index contributed by atoms with van der Waals surface area (Å²) in [6.45, 7) is 8.90. The lowest BCUT2D eigenvalue weighted by Gasteiger charge is -2.26. The SMILES string of the molecule is COc1ccc(Br)c(CN2CCCC2CNCC(C)C)c1. The van der Waals surface area contributed by atoms with E-state index in [1.807, 2.05) is 6.07 Å². The first-order chi connectivity index (χ1) is 10.1. The van der Waals surface area contributed by atoms with E-state index >= 15 is 0 Å². The Labute approximate surface area is 137 Å². The molecule has 21 heavy (non-hydrogen) atoms. The van der Waals surface area contributed by atoms with E-state index in [4.69, 9.17) is 4.74 Å². The Balaban J connectivity index is 1.94. The second-order valence-electron chi connectivity index (χ2n) is 6.28. The average Bonchev–Trinajstić information content (AvgIpc) is 2.88. The Morgan fingerprint density at radius 3 is 2.95 bits per heavy atom. The van der Waals surface area contributed by atoms with Crippen molar-refractivity contribution < 1.29 is 4.74 Å². The zero-order chi connectivity index (χ0) is 15.2. The van der Waals surface area contributed by atoms with Gasteiger partial charge in [0.15, 0.2) is 0 Å². The predicted octanol–water partition coefficient (Wildman–Crippen LogP) is 3.67. The summed E-state index contributed by atoms with van der Waals surface area (Å²) >= 11 is 3.66. The summed E-state index contributed by atoms with van der Waals surface area (Å²) in [7, 11) is 1.72. The van der Waals surface area contributed by atoms with Gasteiger partial charge in [0.05, 0.1) is 7.11 Å². The molecule has 0 radical (unpaired) electrons. The molecule has 0 amide bonds. The van der Waals surface area contributed by atoms with Crippen molar-refractivity contribution >= 4 is 15.9 Å². The van der Waals surface area contributed by atoms with Crippen molar-refractivity contribution in [1.82, 2.24) is 10.2 Å². The standard InChI is InChI=1S/C17H27BrN2O/c1-13(2)10-19-11-15-5-4-8-20(15)12-14-9-16(21-3)6-7-17(14)18/h6-7,9,13,15,19H,4-5,8,10-12H2,1-3H3. The number of hydrogen-bond acceptors (Lipinski definition) is 3. The Morgan fingerprint density at radius 2 is 2.24 bits per heavy atom. The van der Waals surface area contributed by atoms with E-state index in [9.17, 15) is 0 Å². The molecule has 1 unspecified atom stereocenters.